The van der Waals surface area contributed by atoms with E-state index in [1.54, 1.807) is 0 Å². The van der Waals surface area contributed by atoms with Crippen LogP contribution in [0.2, 0.25) is 0 Å². The number of hydrogen-bond donors (Lipinski definition) is 1. The van der Waals surface area contributed by atoms with Crippen LogP contribution in [-0.2, 0) is 9.53 Å². The van der Waals surface area contributed by atoms with Crippen molar-refractivity contribution < 1.29 is 14.6 Å². The molecule has 3 heteroatoms. The summed E-state index contributed by atoms with van der Waals surface area (Å²) in [4.78, 5) is 11.1. The largest absolute Gasteiger partial charge is 0.459 e. The molecule has 3 nitrogen and oxygen atoms in total. The molecule has 0 aromatic carbocycles. The Bertz CT molecular complexity index is 260. The molecule has 1 aliphatic rings. The Labute approximate surface area is 91.8 Å². The van der Waals surface area contributed by atoms with Crippen molar-refractivity contribution in [1.82, 2.24) is 0 Å². The van der Waals surface area contributed by atoms with E-state index in [-0.39, 0.29) is 23.4 Å². The number of hydrogen-bond acceptors (Lipinski definition) is 3. The van der Waals surface area contributed by atoms with Crippen LogP contribution in [0.25, 0.3) is 0 Å². The van der Waals surface area contributed by atoms with E-state index in [9.17, 15) is 9.90 Å². The molecular weight excluding hydrogens is 192 g/mol. The zero-order chi connectivity index (χ0) is 11.9. The highest BCUT2D eigenvalue weighted by Gasteiger charge is 2.50. The first kappa shape index (κ1) is 12.5. The standard InChI is InChI=1S/C12H22O3/c1-8-11(3,4)10(14)6-7-12(8,5)15-9(2)13/h8,10,14H,6-7H2,1-5H3/t8-,10-,12+/m0/s1. The summed E-state index contributed by atoms with van der Waals surface area (Å²) in [6, 6.07) is 0. The van der Waals surface area contributed by atoms with E-state index in [1.165, 1.54) is 6.92 Å². The van der Waals surface area contributed by atoms with E-state index in [1.807, 2.05) is 27.7 Å². The number of aliphatic hydroxyl groups is 1. The minimum Gasteiger partial charge on any atom is -0.459 e. The van der Waals surface area contributed by atoms with Crippen LogP contribution in [0.3, 0.4) is 0 Å². The second-order valence-electron chi connectivity index (χ2n) is 5.50. The van der Waals surface area contributed by atoms with Gasteiger partial charge in [0.25, 0.3) is 0 Å². The Kier molecular flexibility index (Phi) is 3.15. The molecule has 0 saturated heterocycles. The molecule has 1 rings (SSSR count). The fourth-order valence-corrected chi connectivity index (χ4v) is 2.56. The second-order valence-corrected chi connectivity index (χ2v) is 5.50. The molecule has 1 fully saturated rings. The van der Waals surface area contributed by atoms with Gasteiger partial charge in [0, 0.05) is 12.8 Å². The summed E-state index contributed by atoms with van der Waals surface area (Å²) in [7, 11) is 0. The molecule has 0 spiro atoms. The molecule has 3 atom stereocenters. The first-order valence-corrected chi connectivity index (χ1v) is 5.58. The normalized spacial score (nSPS) is 39.9. The summed E-state index contributed by atoms with van der Waals surface area (Å²) < 4.78 is 5.42. The third-order valence-corrected chi connectivity index (χ3v) is 4.18. The molecule has 0 aromatic rings. The lowest BCUT2D eigenvalue weighted by Crippen LogP contribution is -2.54. The lowest BCUT2D eigenvalue weighted by Gasteiger charge is -2.50. The third-order valence-electron chi connectivity index (χ3n) is 4.18. The Balaban J connectivity index is 2.89. The lowest BCUT2D eigenvalue weighted by atomic mass is 9.61. The van der Waals surface area contributed by atoms with Crippen molar-refractivity contribution >= 4 is 5.97 Å². The minimum absolute atomic E-state index is 0.151. The van der Waals surface area contributed by atoms with Gasteiger partial charge in [0.1, 0.15) is 5.60 Å². The number of esters is 1. The second kappa shape index (κ2) is 3.78. The van der Waals surface area contributed by atoms with Crippen molar-refractivity contribution in [3.05, 3.63) is 0 Å². The maximum atomic E-state index is 11.1. The van der Waals surface area contributed by atoms with Crippen molar-refractivity contribution in [3.8, 4) is 0 Å². The van der Waals surface area contributed by atoms with Gasteiger partial charge in [0.05, 0.1) is 6.10 Å². The first-order chi connectivity index (χ1) is 6.70. The summed E-state index contributed by atoms with van der Waals surface area (Å²) in [5, 5.41) is 9.93. The van der Waals surface area contributed by atoms with Gasteiger partial charge < -0.3 is 9.84 Å². The van der Waals surface area contributed by atoms with Gasteiger partial charge in [-0.1, -0.05) is 20.8 Å². The van der Waals surface area contributed by atoms with E-state index in [0.717, 1.165) is 6.42 Å². The number of rotatable bonds is 1. The van der Waals surface area contributed by atoms with Crippen LogP contribution in [0.4, 0.5) is 0 Å². The van der Waals surface area contributed by atoms with Gasteiger partial charge in [-0.25, -0.2) is 0 Å². The molecular formula is C12H22O3. The van der Waals surface area contributed by atoms with Crippen LogP contribution in [-0.4, -0.2) is 22.8 Å². The molecule has 0 bridgehead atoms. The molecule has 0 aromatic heterocycles. The van der Waals surface area contributed by atoms with Crippen LogP contribution in [0.5, 0.6) is 0 Å². The van der Waals surface area contributed by atoms with Crippen LogP contribution in [0.1, 0.15) is 47.5 Å². The molecule has 0 radical (unpaired) electrons. The monoisotopic (exact) mass is 214 g/mol. The quantitative estimate of drug-likeness (QED) is 0.680. The summed E-state index contributed by atoms with van der Waals surface area (Å²) in [6.07, 6.45) is 1.12. The van der Waals surface area contributed by atoms with Gasteiger partial charge in [0.15, 0.2) is 0 Å². The topological polar surface area (TPSA) is 46.5 Å². The fourth-order valence-electron chi connectivity index (χ4n) is 2.56. The molecule has 0 amide bonds. The fraction of sp³-hybridized carbons (Fsp3) is 0.917. The summed E-state index contributed by atoms with van der Waals surface area (Å²) in [5.74, 6) is -0.0887. The van der Waals surface area contributed by atoms with Gasteiger partial charge in [-0.15, -0.1) is 0 Å². The van der Waals surface area contributed by atoms with E-state index in [0.29, 0.717) is 6.42 Å². The smallest absolute Gasteiger partial charge is 0.303 e. The maximum absolute atomic E-state index is 11.1. The van der Waals surface area contributed by atoms with Crippen LogP contribution >= 0.6 is 0 Å². The zero-order valence-electron chi connectivity index (χ0n) is 10.3. The average Bonchev–Trinajstić information content (AvgIpc) is 2.09. The van der Waals surface area contributed by atoms with Crippen LogP contribution in [0, 0.1) is 11.3 Å². The maximum Gasteiger partial charge on any atom is 0.303 e. The number of aliphatic hydroxyl groups excluding tert-OH is 1. The number of carbonyl (C=O) groups excluding carboxylic acids is 1. The van der Waals surface area contributed by atoms with Crippen molar-refractivity contribution in [2.45, 2.75) is 59.2 Å². The van der Waals surface area contributed by atoms with Gasteiger partial charge in [-0.3, -0.25) is 4.79 Å². The Hall–Kier alpha value is -0.570. The highest BCUT2D eigenvalue weighted by atomic mass is 16.6. The van der Waals surface area contributed by atoms with Crippen molar-refractivity contribution in [2.75, 3.05) is 0 Å². The Morgan fingerprint density at radius 1 is 1.40 bits per heavy atom. The van der Waals surface area contributed by atoms with Crippen molar-refractivity contribution in [3.63, 3.8) is 0 Å². The van der Waals surface area contributed by atoms with E-state index in [4.69, 9.17) is 4.74 Å². The molecule has 0 aliphatic heterocycles. The number of ether oxygens (including phenoxy) is 1. The highest BCUT2D eigenvalue weighted by Crippen LogP contribution is 2.47. The average molecular weight is 214 g/mol. The van der Waals surface area contributed by atoms with E-state index >= 15 is 0 Å². The predicted molar refractivity (Wildman–Crippen MR) is 58.4 cm³/mol. The van der Waals surface area contributed by atoms with E-state index in [2.05, 4.69) is 0 Å². The molecule has 15 heavy (non-hydrogen) atoms. The minimum atomic E-state index is -0.436. The first-order valence-electron chi connectivity index (χ1n) is 5.58. The molecule has 1 aliphatic carbocycles. The third kappa shape index (κ3) is 2.17. The lowest BCUT2D eigenvalue weighted by molar-refractivity contribution is -0.184. The molecule has 0 heterocycles. The Morgan fingerprint density at radius 2 is 1.93 bits per heavy atom. The van der Waals surface area contributed by atoms with Crippen molar-refractivity contribution in [2.24, 2.45) is 11.3 Å². The van der Waals surface area contributed by atoms with Crippen LogP contribution < -0.4 is 0 Å². The highest BCUT2D eigenvalue weighted by molar-refractivity contribution is 5.66. The van der Waals surface area contributed by atoms with Gasteiger partial charge >= 0.3 is 5.97 Å². The predicted octanol–water partition coefficient (Wildman–Crippen LogP) is 2.13. The van der Waals surface area contributed by atoms with Crippen LogP contribution in [0.15, 0.2) is 0 Å². The number of carbonyl (C=O) groups is 1. The molecule has 1 N–H and O–H groups in total. The summed E-state index contributed by atoms with van der Waals surface area (Å²) in [6.45, 7) is 9.51. The van der Waals surface area contributed by atoms with Gasteiger partial charge in [-0.05, 0) is 25.2 Å². The van der Waals surface area contributed by atoms with Gasteiger partial charge in [-0.2, -0.15) is 0 Å². The molecule has 88 valence electrons. The van der Waals surface area contributed by atoms with E-state index < -0.39 is 5.60 Å². The SMILES string of the molecule is CC(=O)O[C@]1(C)CC[C@H](O)C(C)(C)[C@@H]1C. The zero-order valence-corrected chi connectivity index (χ0v) is 10.3. The van der Waals surface area contributed by atoms with Gasteiger partial charge in [0.2, 0.25) is 0 Å². The molecule has 0 unspecified atom stereocenters. The Morgan fingerprint density at radius 3 is 2.40 bits per heavy atom. The van der Waals surface area contributed by atoms with Crippen molar-refractivity contribution in [1.29, 1.82) is 0 Å². The summed E-state index contributed by atoms with van der Waals surface area (Å²) in [5.41, 5.74) is -0.642. The summed E-state index contributed by atoms with van der Waals surface area (Å²) >= 11 is 0. The molecule has 1 saturated carbocycles.